The molecule has 1 heterocycles. The fourth-order valence-corrected chi connectivity index (χ4v) is 2.39. The Hall–Kier alpha value is -0.120. The molecule has 2 atom stereocenters. The van der Waals surface area contributed by atoms with Crippen LogP contribution in [0.5, 0.6) is 0 Å². The van der Waals surface area contributed by atoms with Gasteiger partial charge in [-0.3, -0.25) is 0 Å². The van der Waals surface area contributed by atoms with Gasteiger partial charge < -0.3 is 15.0 Å². The van der Waals surface area contributed by atoms with Gasteiger partial charge in [-0.1, -0.05) is 13.8 Å². The van der Waals surface area contributed by atoms with Crippen LogP contribution >= 0.6 is 0 Å². The maximum Gasteiger partial charge on any atom is 0.0507 e. The van der Waals surface area contributed by atoms with E-state index in [0.717, 1.165) is 44.7 Å². The van der Waals surface area contributed by atoms with Crippen LogP contribution < -0.4 is 5.32 Å². The third kappa shape index (κ3) is 6.39. The Labute approximate surface area is 107 Å². The van der Waals surface area contributed by atoms with Crippen LogP contribution in [-0.4, -0.2) is 50.8 Å². The first kappa shape index (κ1) is 14.9. The lowest BCUT2D eigenvalue weighted by Crippen LogP contribution is -2.37. The Morgan fingerprint density at radius 3 is 2.71 bits per heavy atom. The molecule has 1 N–H and O–H groups in total. The predicted octanol–water partition coefficient (Wildman–Crippen LogP) is 1.98. The highest BCUT2D eigenvalue weighted by atomic mass is 16.5. The average Bonchev–Trinajstić information content (AvgIpc) is 2.75. The summed E-state index contributed by atoms with van der Waals surface area (Å²) in [6, 6.07) is 0.687. The van der Waals surface area contributed by atoms with Gasteiger partial charge in [0.25, 0.3) is 0 Å². The molecule has 102 valence electrons. The molecule has 0 bridgehead atoms. The third-order valence-corrected chi connectivity index (χ3v) is 3.66. The van der Waals surface area contributed by atoms with Gasteiger partial charge in [0, 0.05) is 32.3 Å². The van der Waals surface area contributed by atoms with Crippen LogP contribution in [-0.2, 0) is 4.74 Å². The van der Waals surface area contributed by atoms with Crippen molar-refractivity contribution < 1.29 is 4.74 Å². The molecule has 0 aromatic carbocycles. The second-order valence-corrected chi connectivity index (χ2v) is 5.89. The number of ether oxygens (including phenoxy) is 1. The quantitative estimate of drug-likeness (QED) is 0.659. The molecule has 0 aromatic heterocycles. The number of hydrogen-bond donors (Lipinski definition) is 1. The van der Waals surface area contributed by atoms with E-state index >= 15 is 0 Å². The van der Waals surface area contributed by atoms with Crippen molar-refractivity contribution in [3.05, 3.63) is 0 Å². The van der Waals surface area contributed by atoms with E-state index in [9.17, 15) is 0 Å². The second-order valence-electron chi connectivity index (χ2n) is 5.89. The molecule has 1 saturated heterocycles. The van der Waals surface area contributed by atoms with Gasteiger partial charge in [-0.2, -0.15) is 0 Å². The van der Waals surface area contributed by atoms with Gasteiger partial charge in [-0.15, -0.1) is 0 Å². The van der Waals surface area contributed by atoms with Crippen LogP contribution in [0.15, 0.2) is 0 Å². The summed E-state index contributed by atoms with van der Waals surface area (Å²) in [5.41, 5.74) is 0. The summed E-state index contributed by atoms with van der Waals surface area (Å²) in [6.07, 6.45) is 2.51. The van der Waals surface area contributed by atoms with Gasteiger partial charge in [0.05, 0.1) is 6.61 Å². The molecule has 3 nitrogen and oxygen atoms in total. The molecule has 0 amide bonds. The smallest absolute Gasteiger partial charge is 0.0507 e. The van der Waals surface area contributed by atoms with Crippen molar-refractivity contribution in [2.45, 2.75) is 39.7 Å². The van der Waals surface area contributed by atoms with Crippen LogP contribution in [0.4, 0.5) is 0 Å². The average molecular weight is 242 g/mol. The molecule has 3 heteroatoms. The first-order valence-electron chi connectivity index (χ1n) is 7.08. The molecule has 0 aromatic rings. The molecule has 1 aliphatic rings. The molecule has 17 heavy (non-hydrogen) atoms. The van der Waals surface area contributed by atoms with Gasteiger partial charge in [0.1, 0.15) is 0 Å². The van der Waals surface area contributed by atoms with Crippen LogP contribution in [0.25, 0.3) is 0 Å². The van der Waals surface area contributed by atoms with Crippen molar-refractivity contribution in [1.29, 1.82) is 0 Å². The highest BCUT2D eigenvalue weighted by molar-refractivity contribution is 4.69. The van der Waals surface area contributed by atoms with Crippen LogP contribution in [0, 0.1) is 11.8 Å². The lowest BCUT2D eigenvalue weighted by atomic mass is 10.0. The Morgan fingerprint density at radius 2 is 2.12 bits per heavy atom. The van der Waals surface area contributed by atoms with Crippen LogP contribution in [0.3, 0.4) is 0 Å². The van der Waals surface area contributed by atoms with Crippen molar-refractivity contribution in [2.75, 3.05) is 39.9 Å². The Balaban J connectivity index is 2.00. The van der Waals surface area contributed by atoms with Gasteiger partial charge in [0.15, 0.2) is 0 Å². The molecule has 0 saturated carbocycles. The fourth-order valence-electron chi connectivity index (χ4n) is 2.39. The number of rotatable bonds is 8. The number of likely N-dealkylation sites (N-methyl/N-ethyl adjacent to an activating group) is 1. The zero-order valence-corrected chi connectivity index (χ0v) is 12.0. The summed E-state index contributed by atoms with van der Waals surface area (Å²) in [4.78, 5) is 2.46. The standard InChI is InChI=1S/C14H30N2O/c1-12(2)9-13(3)16(4)7-6-15-10-14-5-8-17-11-14/h12-15H,5-11H2,1-4H3. The van der Waals surface area contributed by atoms with Gasteiger partial charge in [-0.25, -0.2) is 0 Å². The predicted molar refractivity (Wildman–Crippen MR) is 73.3 cm³/mol. The van der Waals surface area contributed by atoms with E-state index in [1.165, 1.54) is 12.8 Å². The second kappa shape index (κ2) is 8.06. The summed E-state index contributed by atoms with van der Waals surface area (Å²) in [6.45, 7) is 12.2. The van der Waals surface area contributed by atoms with Gasteiger partial charge >= 0.3 is 0 Å². The third-order valence-electron chi connectivity index (χ3n) is 3.66. The SMILES string of the molecule is CC(C)CC(C)N(C)CCNCC1CCOC1. The summed E-state index contributed by atoms with van der Waals surface area (Å²) < 4.78 is 5.37. The van der Waals surface area contributed by atoms with E-state index in [-0.39, 0.29) is 0 Å². The van der Waals surface area contributed by atoms with E-state index < -0.39 is 0 Å². The summed E-state index contributed by atoms with van der Waals surface area (Å²) in [5, 5.41) is 3.54. The monoisotopic (exact) mass is 242 g/mol. The number of nitrogens with one attached hydrogen (secondary N) is 1. The summed E-state index contributed by atoms with van der Waals surface area (Å²) in [7, 11) is 2.23. The molecule has 0 radical (unpaired) electrons. The van der Waals surface area contributed by atoms with E-state index in [1.54, 1.807) is 0 Å². The van der Waals surface area contributed by atoms with Crippen molar-refractivity contribution in [3.8, 4) is 0 Å². The van der Waals surface area contributed by atoms with Crippen LogP contribution in [0.1, 0.15) is 33.6 Å². The van der Waals surface area contributed by atoms with E-state index in [1.807, 2.05) is 0 Å². The normalized spacial score (nSPS) is 22.6. The molecule has 0 spiro atoms. The topological polar surface area (TPSA) is 24.5 Å². The zero-order valence-electron chi connectivity index (χ0n) is 12.0. The largest absolute Gasteiger partial charge is 0.381 e. The van der Waals surface area contributed by atoms with Crippen LogP contribution in [0.2, 0.25) is 0 Å². The molecular weight excluding hydrogens is 212 g/mol. The molecule has 1 aliphatic heterocycles. The van der Waals surface area contributed by atoms with E-state index in [0.29, 0.717) is 6.04 Å². The number of nitrogens with zero attached hydrogens (tertiary/aromatic N) is 1. The lowest BCUT2D eigenvalue weighted by molar-refractivity contribution is 0.184. The van der Waals surface area contributed by atoms with Crippen molar-refractivity contribution in [1.82, 2.24) is 10.2 Å². The lowest BCUT2D eigenvalue weighted by Gasteiger charge is -2.26. The Morgan fingerprint density at radius 1 is 1.35 bits per heavy atom. The first-order valence-corrected chi connectivity index (χ1v) is 7.08. The minimum atomic E-state index is 0.687. The maximum absolute atomic E-state index is 5.37. The van der Waals surface area contributed by atoms with Gasteiger partial charge in [0.2, 0.25) is 0 Å². The summed E-state index contributed by atoms with van der Waals surface area (Å²) in [5.74, 6) is 1.53. The minimum absolute atomic E-state index is 0.687. The van der Waals surface area contributed by atoms with Crippen molar-refractivity contribution >= 4 is 0 Å². The minimum Gasteiger partial charge on any atom is -0.381 e. The van der Waals surface area contributed by atoms with E-state index in [2.05, 4.69) is 38.0 Å². The molecule has 2 unspecified atom stereocenters. The number of hydrogen-bond acceptors (Lipinski definition) is 3. The maximum atomic E-state index is 5.37. The van der Waals surface area contributed by atoms with Crippen molar-refractivity contribution in [2.24, 2.45) is 11.8 Å². The molecule has 1 rings (SSSR count). The summed E-state index contributed by atoms with van der Waals surface area (Å²) >= 11 is 0. The highest BCUT2D eigenvalue weighted by Gasteiger charge is 2.15. The first-order chi connectivity index (χ1) is 8.09. The highest BCUT2D eigenvalue weighted by Crippen LogP contribution is 2.11. The molecule has 1 fully saturated rings. The molecule has 0 aliphatic carbocycles. The van der Waals surface area contributed by atoms with E-state index in [4.69, 9.17) is 4.74 Å². The van der Waals surface area contributed by atoms with Gasteiger partial charge in [-0.05, 0) is 38.6 Å². The van der Waals surface area contributed by atoms with Crippen molar-refractivity contribution in [3.63, 3.8) is 0 Å². The Kier molecular flexibility index (Phi) is 7.09. The fraction of sp³-hybridized carbons (Fsp3) is 1.00. The molecular formula is C14H30N2O. The Bertz CT molecular complexity index is 191. The zero-order chi connectivity index (χ0) is 12.7.